The molecule has 2 saturated heterocycles. The zero-order valence-corrected chi connectivity index (χ0v) is 23.3. The van der Waals surface area contributed by atoms with Crippen molar-refractivity contribution in [3.05, 3.63) is 0 Å². The van der Waals surface area contributed by atoms with Crippen molar-refractivity contribution in [2.45, 2.75) is 108 Å². The molecule has 0 aromatic heterocycles. The molecule has 0 aromatic rings. The molecule has 1 aliphatic carbocycles. The van der Waals surface area contributed by atoms with Gasteiger partial charge in [0.2, 0.25) is 23.6 Å². The van der Waals surface area contributed by atoms with E-state index in [0.717, 1.165) is 4.90 Å². The number of alkyl halides is 2. The van der Waals surface area contributed by atoms with Crippen molar-refractivity contribution in [1.82, 2.24) is 20.4 Å². The Bertz CT molecular complexity index is 927. The molecule has 0 bridgehead atoms. The Morgan fingerprint density at radius 2 is 1.79 bits per heavy atom. The Morgan fingerprint density at radius 3 is 2.33 bits per heavy atom. The van der Waals surface area contributed by atoms with Gasteiger partial charge < -0.3 is 25.1 Å². The van der Waals surface area contributed by atoms with Crippen molar-refractivity contribution in [1.29, 1.82) is 0 Å². The number of amides is 4. The number of nitrogens with zero attached hydrogens (tertiary/aromatic N) is 2. The molecule has 220 valence electrons. The number of piperidine rings is 1. The maximum Gasteiger partial charge on any atom is 0.410 e. The van der Waals surface area contributed by atoms with E-state index < -0.39 is 47.6 Å². The summed E-state index contributed by atoms with van der Waals surface area (Å²) in [6.07, 6.45) is 0.794. The molecule has 2 unspecified atom stereocenters. The Balaban J connectivity index is 1.58. The maximum atomic E-state index is 13.5. The van der Waals surface area contributed by atoms with Crippen LogP contribution in [-0.4, -0.2) is 89.7 Å². The minimum absolute atomic E-state index is 0.000421. The average molecular weight is 557 g/mol. The number of rotatable bonds is 9. The zero-order valence-electron chi connectivity index (χ0n) is 23.3. The number of likely N-dealkylation sites (N-methyl/N-ethyl adjacent to an activating group) is 1. The van der Waals surface area contributed by atoms with Crippen molar-refractivity contribution >= 4 is 30.1 Å². The van der Waals surface area contributed by atoms with Gasteiger partial charge in [-0.15, -0.1) is 0 Å². The summed E-state index contributed by atoms with van der Waals surface area (Å²) in [6, 6.07) is -1.87. The summed E-state index contributed by atoms with van der Waals surface area (Å²) in [5, 5.41) is 5.76. The second-order valence-corrected chi connectivity index (χ2v) is 11.9. The number of carbonyl (C=O) groups is 5. The van der Waals surface area contributed by atoms with E-state index in [1.54, 1.807) is 4.90 Å². The topological polar surface area (TPSA) is 125 Å². The minimum atomic E-state index is -2.75. The molecule has 3 aliphatic rings. The summed E-state index contributed by atoms with van der Waals surface area (Å²) in [7, 11) is 1.42. The fourth-order valence-electron chi connectivity index (χ4n) is 5.85. The predicted octanol–water partition coefficient (Wildman–Crippen LogP) is 2.64. The van der Waals surface area contributed by atoms with Crippen LogP contribution in [0.25, 0.3) is 0 Å². The van der Waals surface area contributed by atoms with Crippen molar-refractivity contribution in [3.63, 3.8) is 0 Å². The van der Waals surface area contributed by atoms with Crippen molar-refractivity contribution in [3.8, 4) is 0 Å². The van der Waals surface area contributed by atoms with Gasteiger partial charge in [0.05, 0.1) is 6.04 Å². The standard InChI is InChI=1S/C27H42F2N4O6/c1-17(2)13-22(32(4)25(38)39-21-5-7-27(28,29)8-6-21)24(37)30-20(16-34)14-19-15-26(31-23(19)36)9-11-33(12-10-26)18(3)35/h16-17,19-22H,5-15H2,1-4H3,(H,30,37)(H,31,36)/t19?,20?,22-/m0/s1. The number of nitrogens with one attached hydrogen (secondary N) is 2. The minimum Gasteiger partial charge on any atom is -0.446 e. The SMILES string of the molecule is CC(=O)N1CCC2(CC1)CC(CC(C=O)NC(=O)[C@H](CC(C)C)N(C)C(=O)OC1CCC(F)(F)CC1)C(=O)N2. The van der Waals surface area contributed by atoms with Crippen LogP contribution in [0.2, 0.25) is 0 Å². The van der Waals surface area contributed by atoms with Crippen molar-refractivity contribution in [2.75, 3.05) is 20.1 Å². The molecular weight excluding hydrogens is 514 g/mol. The predicted molar refractivity (Wildman–Crippen MR) is 138 cm³/mol. The molecule has 3 rings (SSSR count). The molecule has 2 heterocycles. The number of ether oxygens (including phenoxy) is 1. The van der Waals surface area contributed by atoms with E-state index in [1.807, 2.05) is 13.8 Å². The number of likely N-dealkylation sites (tertiary alicyclic amines) is 1. The lowest BCUT2D eigenvalue weighted by Crippen LogP contribution is -2.52. The van der Waals surface area contributed by atoms with Gasteiger partial charge in [-0.05, 0) is 50.9 Å². The van der Waals surface area contributed by atoms with E-state index >= 15 is 0 Å². The lowest BCUT2D eigenvalue weighted by atomic mass is 9.82. The molecule has 3 atom stereocenters. The molecule has 4 amide bonds. The molecule has 1 saturated carbocycles. The first-order valence-corrected chi connectivity index (χ1v) is 13.9. The Hall–Kier alpha value is -2.79. The third-order valence-corrected chi connectivity index (χ3v) is 8.28. The molecule has 39 heavy (non-hydrogen) atoms. The highest BCUT2D eigenvalue weighted by atomic mass is 19.3. The first-order valence-electron chi connectivity index (χ1n) is 13.9. The van der Waals surface area contributed by atoms with E-state index in [-0.39, 0.29) is 49.8 Å². The summed E-state index contributed by atoms with van der Waals surface area (Å²) in [5.41, 5.74) is -0.418. The van der Waals surface area contributed by atoms with Crippen LogP contribution < -0.4 is 10.6 Å². The molecule has 2 aliphatic heterocycles. The maximum absolute atomic E-state index is 13.5. The second kappa shape index (κ2) is 12.6. The molecule has 0 aromatic carbocycles. The van der Waals surface area contributed by atoms with Gasteiger partial charge >= 0.3 is 6.09 Å². The van der Waals surface area contributed by atoms with E-state index in [4.69, 9.17) is 4.74 Å². The van der Waals surface area contributed by atoms with Crippen LogP contribution >= 0.6 is 0 Å². The molecule has 12 heteroatoms. The Labute approximate surface area is 228 Å². The Kier molecular flexibility index (Phi) is 9.93. The lowest BCUT2D eigenvalue weighted by Gasteiger charge is -2.39. The highest BCUT2D eigenvalue weighted by molar-refractivity contribution is 5.88. The van der Waals surface area contributed by atoms with Gasteiger partial charge in [-0.3, -0.25) is 19.3 Å². The number of carbonyl (C=O) groups excluding carboxylic acids is 5. The summed E-state index contributed by atoms with van der Waals surface area (Å²) in [6.45, 7) is 6.41. The van der Waals surface area contributed by atoms with E-state index in [2.05, 4.69) is 10.6 Å². The highest BCUT2D eigenvalue weighted by Crippen LogP contribution is 2.37. The van der Waals surface area contributed by atoms with Crippen LogP contribution in [-0.2, 0) is 23.9 Å². The van der Waals surface area contributed by atoms with Crippen LogP contribution in [0.5, 0.6) is 0 Å². The van der Waals surface area contributed by atoms with Crippen molar-refractivity contribution in [2.24, 2.45) is 11.8 Å². The monoisotopic (exact) mass is 556 g/mol. The number of hydrogen-bond acceptors (Lipinski definition) is 6. The number of hydrogen-bond donors (Lipinski definition) is 2. The van der Waals surface area contributed by atoms with Crippen LogP contribution in [0.15, 0.2) is 0 Å². The first kappa shape index (κ1) is 30.7. The molecule has 0 radical (unpaired) electrons. The highest BCUT2D eigenvalue weighted by Gasteiger charge is 2.46. The largest absolute Gasteiger partial charge is 0.446 e. The van der Waals surface area contributed by atoms with Gasteiger partial charge in [0.1, 0.15) is 18.4 Å². The molecule has 10 nitrogen and oxygen atoms in total. The smallest absolute Gasteiger partial charge is 0.410 e. The fourth-order valence-corrected chi connectivity index (χ4v) is 5.85. The molecule has 1 spiro atoms. The van der Waals surface area contributed by atoms with Gasteiger partial charge in [-0.25, -0.2) is 13.6 Å². The van der Waals surface area contributed by atoms with Crippen LogP contribution in [0.3, 0.4) is 0 Å². The third kappa shape index (κ3) is 8.11. The normalized spacial score (nSPS) is 24.1. The second-order valence-electron chi connectivity index (χ2n) is 11.9. The summed E-state index contributed by atoms with van der Waals surface area (Å²) in [5.74, 6) is -3.91. The fraction of sp³-hybridized carbons (Fsp3) is 0.815. The summed E-state index contributed by atoms with van der Waals surface area (Å²) in [4.78, 5) is 65.3. The average Bonchev–Trinajstić information content (AvgIpc) is 3.16. The quantitative estimate of drug-likeness (QED) is 0.421. The zero-order chi connectivity index (χ0) is 29.0. The molecular formula is C27H42F2N4O6. The number of halogens is 2. The van der Waals surface area contributed by atoms with E-state index in [1.165, 1.54) is 14.0 Å². The summed E-state index contributed by atoms with van der Waals surface area (Å²) < 4.78 is 32.3. The van der Waals surface area contributed by atoms with Crippen LogP contribution in [0.1, 0.15) is 78.6 Å². The first-order chi connectivity index (χ1) is 18.2. The van der Waals surface area contributed by atoms with E-state index in [0.29, 0.717) is 45.1 Å². The van der Waals surface area contributed by atoms with Gasteiger partial charge in [-0.2, -0.15) is 0 Å². The van der Waals surface area contributed by atoms with E-state index in [9.17, 15) is 32.8 Å². The third-order valence-electron chi connectivity index (χ3n) is 8.28. The molecule has 3 fully saturated rings. The van der Waals surface area contributed by atoms with Gasteiger partial charge in [0.25, 0.3) is 0 Å². The van der Waals surface area contributed by atoms with Crippen LogP contribution in [0, 0.1) is 11.8 Å². The number of aldehydes is 1. The van der Waals surface area contributed by atoms with Crippen LogP contribution in [0.4, 0.5) is 13.6 Å². The Morgan fingerprint density at radius 1 is 1.18 bits per heavy atom. The van der Waals surface area contributed by atoms with Gasteiger partial charge in [-0.1, -0.05) is 13.8 Å². The summed E-state index contributed by atoms with van der Waals surface area (Å²) >= 11 is 0. The lowest BCUT2D eigenvalue weighted by molar-refractivity contribution is -0.130. The molecule has 2 N–H and O–H groups in total. The van der Waals surface area contributed by atoms with Crippen molar-refractivity contribution < 1.29 is 37.5 Å². The van der Waals surface area contributed by atoms with Gasteiger partial charge in [0, 0.05) is 51.4 Å². The van der Waals surface area contributed by atoms with Gasteiger partial charge in [0.15, 0.2) is 0 Å².